The van der Waals surface area contributed by atoms with Gasteiger partial charge in [0.1, 0.15) is 0 Å². The Morgan fingerprint density at radius 2 is 1.81 bits per heavy atom. The molecule has 4 nitrogen and oxygen atoms in total. The lowest BCUT2D eigenvalue weighted by Gasteiger charge is -2.14. The maximum atomic E-state index is 13.0. The Labute approximate surface area is 90.6 Å². The minimum absolute atomic E-state index is 0.131. The minimum Gasteiger partial charge on any atom is -0.505 e. The van der Waals surface area contributed by atoms with Crippen molar-refractivity contribution in [2.75, 3.05) is 0 Å². The molecule has 1 aromatic rings. The molecular weight excluding hydrogens is 213 g/mol. The molecule has 0 aliphatic carbocycles. The van der Waals surface area contributed by atoms with Crippen molar-refractivity contribution >= 4 is 11.8 Å². The van der Waals surface area contributed by atoms with Gasteiger partial charge in [-0.3, -0.25) is 14.5 Å². The smallest absolute Gasteiger partial charge is 0.253 e. The van der Waals surface area contributed by atoms with E-state index in [1.807, 2.05) is 0 Å². The summed E-state index contributed by atoms with van der Waals surface area (Å²) in [5.41, 5.74) is 0.199. The minimum atomic E-state index is -0.774. The Bertz CT molecular complexity index is 478. The SMILES string of the molecule is O=C1C=CC(=O)N1Cc1cccc(F)c1O. The van der Waals surface area contributed by atoms with Gasteiger partial charge in [0.2, 0.25) is 0 Å². The van der Waals surface area contributed by atoms with E-state index in [2.05, 4.69) is 0 Å². The Morgan fingerprint density at radius 3 is 2.44 bits per heavy atom. The average molecular weight is 221 g/mol. The molecule has 0 fully saturated rings. The number of amides is 2. The highest BCUT2D eigenvalue weighted by Crippen LogP contribution is 2.23. The van der Waals surface area contributed by atoms with E-state index in [0.29, 0.717) is 0 Å². The molecule has 5 heteroatoms. The van der Waals surface area contributed by atoms with Gasteiger partial charge in [0.15, 0.2) is 11.6 Å². The van der Waals surface area contributed by atoms with Gasteiger partial charge in [0.05, 0.1) is 6.54 Å². The number of benzene rings is 1. The zero-order valence-corrected chi connectivity index (χ0v) is 8.18. The summed E-state index contributed by atoms with van der Waals surface area (Å²) in [6.07, 6.45) is 2.28. The van der Waals surface area contributed by atoms with E-state index in [4.69, 9.17) is 0 Å². The zero-order chi connectivity index (χ0) is 11.7. The van der Waals surface area contributed by atoms with Crippen molar-refractivity contribution in [3.05, 3.63) is 41.7 Å². The molecule has 0 spiro atoms. The van der Waals surface area contributed by atoms with E-state index in [0.717, 1.165) is 23.1 Å². The molecule has 1 aliphatic heterocycles. The molecule has 2 rings (SSSR count). The fourth-order valence-corrected chi connectivity index (χ4v) is 1.44. The molecule has 16 heavy (non-hydrogen) atoms. The van der Waals surface area contributed by atoms with Crippen LogP contribution in [-0.4, -0.2) is 21.8 Å². The number of imide groups is 1. The van der Waals surface area contributed by atoms with Gasteiger partial charge in [-0.15, -0.1) is 0 Å². The lowest BCUT2D eigenvalue weighted by molar-refractivity contribution is -0.137. The first-order valence-corrected chi connectivity index (χ1v) is 4.59. The van der Waals surface area contributed by atoms with Gasteiger partial charge < -0.3 is 5.11 Å². The highest BCUT2D eigenvalue weighted by molar-refractivity contribution is 6.12. The van der Waals surface area contributed by atoms with Crippen LogP contribution in [0.3, 0.4) is 0 Å². The normalized spacial score (nSPS) is 14.9. The Morgan fingerprint density at radius 1 is 1.19 bits per heavy atom. The molecule has 1 heterocycles. The third-order valence-electron chi connectivity index (χ3n) is 2.30. The summed E-state index contributed by atoms with van der Waals surface area (Å²) >= 11 is 0. The Balaban J connectivity index is 2.25. The van der Waals surface area contributed by atoms with Crippen LogP contribution in [-0.2, 0) is 16.1 Å². The molecule has 0 radical (unpaired) electrons. The highest BCUT2D eigenvalue weighted by atomic mass is 19.1. The molecule has 1 aromatic carbocycles. The number of halogens is 1. The van der Waals surface area contributed by atoms with Gasteiger partial charge in [-0.05, 0) is 6.07 Å². The summed E-state index contributed by atoms with van der Waals surface area (Å²) in [5, 5.41) is 9.39. The number of hydrogen-bond acceptors (Lipinski definition) is 3. The van der Waals surface area contributed by atoms with Crippen LogP contribution in [0, 0.1) is 5.82 Å². The first-order chi connectivity index (χ1) is 7.59. The molecule has 0 unspecified atom stereocenters. The Kier molecular flexibility index (Phi) is 2.44. The number of rotatable bonds is 2. The first kappa shape index (κ1) is 10.4. The lowest BCUT2D eigenvalue weighted by Crippen LogP contribution is -2.29. The van der Waals surface area contributed by atoms with Crippen molar-refractivity contribution in [1.82, 2.24) is 4.90 Å². The Hall–Kier alpha value is -2.17. The maximum absolute atomic E-state index is 13.0. The van der Waals surface area contributed by atoms with Gasteiger partial charge in [0, 0.05) is 17.7 Å². The van der Waals surface area contributed by atoms with E-state index in [1.54, 1.807) is 0 Å². The van der Waals surface area contributed by atoms with Crippen molar-refractivity contribution in [2.45, 2.75) is 6.54 Å². The summed E-state index contributed by atoms with van der Waals surface area (Å²) in [5.74, 6) is -2.23. The van der Waals surface area contributed by atoms with Gasteiger partial charge in [0.25, 0.3) is 11.8 Å². The summed E-state index contributed by atoms with van der Waals surface area (Å²) < 4.78 is 13.0. The van der Waals surface area contributed by atoms with Crippen LogP contribution >= 0.6 is 0 Å². The van der Waals surface area contributed by atoms with Crippen LogP contribution in [0.1, 0.15) is 5.56 Å². The second kappa shape index (κ2) is 3.77. The fraction of sp³-hybridized carbons (Fsp3) is 0.0909. The molecular formula is C11H8FNO3. The van der Waals surface area contributed by atoms with Crippen molar-refractivity contribution in [3.63, 3.8) is 0 Å². The number of nitrogens with zero attached hydrogens (tertiary/aromatic N) is 1. The predicted molar refractivity (Wildman–Crippen MR) is 52.8 cm³/mol. The summed E-state index contributed by atoms with van der Waals surface area (Å²) in [6.45, 7) is -0.131. The lowest BCUT2D eigenvalue weighted by atomic mass is 10.2. The number of phenolic OH excluding ortho intramolecular Hbond substituents is 1. The standard InChI is InChI=1S/C11H8FNO3/c12-8-3-1-2-7(11(8)16)6-13-9(14)4-5-10(13)15/h1-5,16H,6H2. The van der Waals surface area contributed by atoms with E-state index in [-0.39, 0.29) is 12.1 Å². The topological polar surface area (TPSA) is 57.6 Å². The zero-order valence-electron chi connectivity index (χ0n) is 8.18. The van der Waals surface area contributed by atoms with Crippen LogP contribution in [0.25, 0.3) is 0 Å². The summed E-state index contributed by atoms with van der Waals surface area (Å²) in [4.78, 5) is 23.4. The van der Waals surface area contributed by atoms with E-state index >= 15 is 0 Å². The van der Waals surface area contributed by atoms with E-state index < -0.39 is 23.4 Å². The summed E-state index contributed by atoms with van der Waals surface area (Å²) in [7, 11) is 0. The number of para-hydroxylation sites is 1. The molecule has 0 saturated heterocycles. The van der Waals surface area contributed by atoms with Gasteiger partial charge in [-0.2, -0.15) is 0 Å². The van der Waals surface area contributed by atoms with Crippen LogP contribution in [0.15, 0.2) is 30.4 Å². The van der Waals surface area contributed by atoms with Gasteiger partial charge >= 0.3 is 0 Å². The molecule has 1 N–H and O–H groups in total. The molecule has 0 aromatic heterocycles. The second-order valence-electron chi connectivity index (χ2n) is 3.34. The molecule has 0 atom stereocenters. The fourth-order valence-electron chi connectivity index (χ4n) is 1.44. The molecule has 2 amide bonds. The van der Waals surface area contributed by atoms with Crippen molar-refractivity contribution in [3.8, 4) is 5.75 Å². The molecule has 82 valence electrons. The molecule has 0 saturated carbocycles. The van der Waals surface area contributed by atoms with Gasteiger partial charge in [-0.25, -0.2) is 4.39 Å². The average Bonchev–Trinajstić information content (AvgIpc) is 2.56. The summed E-state index contributed by atoms with van der Waals surface area (Å²) in [6, 6.07) is 3.96. The number of hydrogen-bond donors (Lipinski definition) is 1. The van der Waals surface area contributed by atoms with Crippen molar-refractivity contribution in [2.24, 2.45) is 0 Å². The van der Waals surface area contributed by atoms with Gasteiger partial charge in [-0.1, -0.05) is 12.1 Å². The number of carbonyl (C=O) groups excluding carboxylic acids is 2. The largest absolute Gasteiger partial charge is 0.505 e. The molecule has 0 bridgehead atoms. The van der Waals surface area contributed by atoms with Crippen LogP contribution in [0.4, 0.5) is 4.39 Å². The maximum Gasteiger partial charge on any atom is 0.253 e. The van der Waals surface area contributed by atoms with E-state index in [9.17, 15) is 19.1 Å². The van der Waals surface area contributed by atoms with Crippen molar-refractivity contribution < 1.29 is 19.1 Å². The second-order valence-corrected chi connectivity index (χ2v) is 3.34. The van der Waals surface area contributed by atoms with Crippen LogP contribution < -0.4 is 0 Å². The monoisotopic (exact) mass is 221 g/mol. The third kappa shape index (κ3) is 1.67. The van der Waals surface area contributed by atoms with E-state index in [1.165, 1.54) is 12.1 Å². The quantitative estimate of drug-likeness (QED) is 0.756. The first-order valence-electron chi connectivity index (χ1n) is 4.59. The molecule has 1 aliphatic rings. The number of aromatic hydroxyl groups is 1. The number of carbonyl (C=O) groups is 2. The highest BCUT2D eigenvalue weighted by Gasteiger charge is 2.24. The van der Waals surface area contributed by atoms with Crippen LogP contribution in [0.5, 0.6) is 5.75 Å². The predicted octanol–water partition coefficient (Wildman–Crippen LogP) is 0.956. The van der Waals surface area contributed by atoms with Crippen molar-refractivity contribution in [1.29, 1.82) is 0 Å². The van der Waals surface area contributed by atoms with Crippen LogP contribution in [0.2, 0.25) is 0 Å². The third-order valence-corrected chi connectivity index (χ3v) is 2.30. The number of phenols is 1.